The van der Waals surface area contributed by atoms with Crippen LogP contribution in [0.3, 0.4) is 0 Å². The molecule has 94 valence electrons. The van der Waals surface area contributed by atoms with Gasteiger partial charge in [0.15, 0.2) is 5.41 Å². The van der Waals surface area contributed by atoms with E-state index in [-0.39, 0.29) is 0 Å². The number of nitriles is 1. The molecule has 0 unspecified atom stereocenters. The fourth-order valence-corrected chi connectivity index (χ4v) is 2.21. The second kappa shape index (κ2) is 5.15. The number of rotatable bonds is 3. The van der Waals surface area contributed by atoms with Crippen LogP contribution < -0.4 is 0 Å². The van der Waals surface area contributed by atoms with Gasteiger partial charge in [0.05, 0.1) is 6.07 Å². The molecule has 0 atom stereocenters. The first-order valence-electron chi connectivity index (χ1n) is 5.92. The molecule has 0 saturated carbocycles. The number of aromatic nitrogens is 1. The van der Waals surface area contributed by atoms with Gasteiger partial charge in [0.1, 0.15) is 0 Å². The van der Waals surface area contributed by atoms with Gasteiger partial charge >= 0.3 is 5.97 Å². The van der Waals surface area contributed by atoms with E-state index in [9.17, 15) is 4.79 Å². The number of hydrogen-bond donors (Lipinski definition) is 1. The summed E-state index contributed by atoms with van der Waals surface area (Å²) in [7, 11) is 0. The number of likely N-dealkylation sites (tertiary alicyclic amines) is 1. The van der Waals surface area contributed by atoms with E-state index in [0.29, 0.717) is 25.9 Å². The molecule has 2 heterocycles. The highest BCUT2D eigenvalue weighted by atomic mass is 16.4. The summed E-state index contributed by atoms with van der Waals surface area (Å²) in [6.45, 7) is 2.06. The largest absolute Gasteiger partial charge is 0.480 e. The molecule has 0 amide bonds. The molecule has 0 aromatic carbocycles. The number of nitrogens with zero attached hydrogens (tertiary/aromatic N) is 3. The highest BCUT2D eigenvalue weighted by molar-refractivity contribution is 5.78. The van der Waals surface area contributed by atoms with E-state index < -0.39 is 11.4 Å². The summed E-state index contributed by atoms with van der Waals surface area (Å²) in [5, 5.41) is 18.1. The smallest absolute Gasteiger partial charge is 0.324 e. The van der Waals surface area contributed by atoms with Crippen molar-refractivity contribution in [2.75, 3.05) is 13.1 Å². The van der Waals surface area contributed by atoms with Crippen LogP contribution in [0.2, 0.25) is 0 Å². The summed E-state index contributed by atoms with van der Waals surface area (Å²) in [6.07, 6.45) is 4.28. The molecule has 1 N–H and O–H groups in total. The standard InChI is InChI=1S/C13H15N3O2/c14-10-13(12(17)18)3-7-16(8-4-13)9-11-1-5-15-6-2-11/h1-2,5-6H,3-4,7-9H2,(H,17,18). The molecule has 0 bridgehead atoms. The first kappa shape index (κ1) is 12.5. The van der Waals surface area contributed by atoms with Gasteiger partial charge in [-0.2, -0.15) is 5.26 Å². The molecule has 18 heavy (non-hydrogen) atoms. The summed E-state index contributed by atoms with van der Waals surface area (Å²) in [5.41, 5.74) is -0.0286. The zero-order valence-corrected chi connectivity index (χ0v) is 10.0. The Morgan fingerprint density at radius 3 is 2.56 bits per heavy atom. The summed E-state index contributed by atoms with van der Waals surface area (Å²) >= 11 is 0. The molecule has 1 aromatic rings. The van der Waals surface area contributed by atoms with Crippen molar-refractivity contribution in [3.8, 4) is 6.07 Å². The van der Waals surface area contributed by atoms with Gasteiger partial charge in [-0.1, -0.05) is 0 Å². The normalized spacial score (nSPS) is 19.1. The van der Waals surface area contributed by atoms with Gasteiger partial charge in [-0.05, 0) is 30.5 Å². The molecule has 2 rings (SSSR count). The predicted octanol–water partition coefficient (Wildman–Crippen LogP) is 1.27. The number of pyridine rings is 1. The lowest BCUT2D eigenvalue weighted by molar-refractivity contribution is -0.147. The number of hydrogen-bond acceptors (Lipinski definition) is 4. The van der Waals surface area contributed by atoms with Gasteiger partial charge in [-0.25, -0.2) is 0 Å². The average molecular weight is 245 g/mol. The third-order valence-corrected chi connectivity index (χ3v) is 3.49. The molecule has 0 radical (unpaired) electrons. The Morgan fingerprint density at radius 1 is 1.44 bits per heavy atom. The predicted molar refractivity (Wildman–Crippen MR) is 64.4 cm³/mol. The van der Waals surface area contributed by atoms with E-state index >= 15 is 0 Å². The molecular formula is C13H15N3O2. The Balaban J connectivity index is 1.95. The third-order valence-electron chi connectivity index (χ3n) is 3.49. The SMILES string of the molecule is N#CC1(C(=O)O)CCN(Cc2ccncc2)CC1. The Bertz CT molecular complexity index is 459. The van der Waals surface area contributed by atoms with Crippen LogP contribution in [0.25, 0.3) is 0 Å². The topological polar surface area (TPSA) is 77.2 Å². The minimum Gasteiger partial charge on any atom is -0.480 e. The first-order valence-corrected chi connectivity index (χ1v) is 5.92. The molecule has 5 heteroatoms. The molecule has 0 spiro atoms. The Morgan fingerprint density at radius 2 is 2.06 bits per heavy atom. The molecule has 1 saturated heterocycles. The van der Waals surface area contributed by atoms with Crippen LogP contribution in [-0.2, 0) is 11.3 Å². The van der Waals surface area contributed by atoms with E-state index in [0.717, 1.165) is 12.1 Å². The molecule has 1 aromatic heterocycles. The van der Waals surface area contributed by atoms with Gasteiger partial charge in [0.25, 0.3) is 0 Å². The van der Waals surface area contributed by atoms with Crippen molar-refractivity contribution >= 4 is 5.97 Å². The second-order valence-electron chi connectivity index (χ2n) is 4.63. The van der Waals surface area contributed by atoms with Gasteiger partial charge < -0.3 is 5.11 Å². The maximum atomic E-state index is 11.1. The number of aliphatic carboxylic acids is 1. The van der Waals surface area contributed by atoms with Crippen LogP contribution in [0.5, 0.6) is 0 Å². The third kappa shape index (κ3) is 2.49. The van der Waals surface area contributed by atoms with Gasteiger partial charge in [0, 0.05) is 32.0 Å². The number of piperidine rings is 1. The zero-order valence-electron chi connectivity index (χ0n) is 10.0. The van der Waals surface area contributed by atoms with E-state index in [1.165, 1.54) is 0 Å². The number of carboxylic acids is 1. The van der Waals surface area contributed by atoms with E-state index in [4.69, 9.17) is 10.4 Å². The van der Waals surface area contributed by atoms with Crippen LogP contribution in [0, 0.1) is 16.7 Å². The van der Waals surface area contributed by atoms with Crippen LogP contribution in [0.15, 0.2) is 24.5 Å². The minimum atomic E-state index is -1.19. The lowest BCUT2D eigenvalue weighted by atomic mass is 9.80. The first-order chi connectivity index (χ1) is 8.66. The van der Waals surface area contributed by atoms with Crippen molar-refractivity contribution in [1.82, 2.24) is 9.88 Å². The minimum absolute atomic E-state index is 0.393. The van der Waals surface area contributed by atoms with Crippen molar-refractivity contribution in [2.24, 2.45) is 5.41 Å². The zero-order chi connectivity index (χ0) is 13.0. The van der Waals surface area contributed by atoms with Crippen molar-refractivity contribution in [2.45, 2.75) is 19.4 Å². The van der Waals surface area contributed by atoms with Crippen LogP contribution in [0.4, 0.5) is 0 Å². The van der Waals surface area contributed by atoms with Gasteiger partial charge in [0.2, 0.25) is 0 Å². The molecule has 0 aliphatic carbocycles. The molecular weight excluding hydrogens is 230 g/mol. The maximum Gasteiger partial charge on any atom is 0.324 e. The van der Waals surface area contributed by atoms with E-state index in [1.807, 2.05) is 18.2 Å². The highest BCUT2D eigenvalue weighted by Crippen LogP contribution is 2.31. The van der Waals surface area contributed by atoms with E-state index in [2.05, 4.69) is 9.88 Å². The van der Waals surface area contributed by atoms with Gasteiger partial charge in [-0.3, -0.25) is 14.7 Å². The quantitative estimate of drug-likeness (QED) is 0.867. The lowest BCUT2D eigenvalue weighted by Gasteiger charge is -2.34. The summed E-state index contributed by atoms with van der Waals surface area (Å²) < 4.78 is 0. The summed E-state index contributed by atoms with van der Waals surface area (Å²) in [6, 6.07) is 5.86. The fraction of sp³-hybridized carbons (Fsp3) is 0.462. The number of carbonyl (C=O) groups is 1. The van der Waals surface area contributed by atoms with Crippen molar-refractivity contribution in [1.29, 1.82) is 5.26 Å². The van der Waals surface area contributed by atoms with Crippen LogP contribution in [0.1, 0.15) is 18.4 Å². The maximum absolute atomic E-state index is 11.1. The summed E-state index contributed by atoms with van der Waals surface area (Å²) in [4.78, 5) is 17.3. The highest BCUT2D eigenvalue weighted by Gasteiger charge is 2.41. The van der Waals surface area contributed by atoms with Crippen molar-refractivity contribution < 1.29 is 9.90 Å². The van der Waals surface area contributed by atoms with Crippen LogP contribution in [-0.4, -0.2) is 34.0 Å². The van der Waals surface area contributed by atoms with Crippen molar-refractivity contribution in [3.05, 3.63) is 30.1 Å². The lowest BCUT2D eigenvalue weighted by Crippen LogP contribution is -2.43. The Hall–Kier alpha value is -1.93. The van der Waals surface area contributed by atoms with Gasteiger partial charge in [-0.15, -0.1) is 0 Å². The van der Waals surface area contributed by atoms with Crippen molar-refractivity contribution in [3.63, 3.8) is 0 Å². The Labute approximate surface area is 106 Å². The molecule has 5 nitrogen and oxygen atoms in total. The molecule has 1 fully saturated rings. The molecule has 1 aliphatic heterocycles. The summed E-state index contributed by atoms with van der Waals surface area (Å²) in [5.74, 6) is -0.992. The van der Waals surface area contributed by atoms with E-state index in [1.54, 1.807) is 12.4 Å². The monoisotopic (exact) mass is 245 g/mol. The Kier molecular flexibility index (Phi) is 3.58. The average Bonchev–Trinajstić information content (AvgIpc) is 2.41. The second-order valence-corrected chi connectivity index (χ2v) is 4.63. The fourth-order valence-electron chi connectivity index (χ4n) is 2.21. The number of carboxylic acid groups (broad SMARTS) is 1. The van der Waals surface area contributed by atoms with Crippen LogP contribution >= 0.6 is 0 Å². The molecule has 1 aliphatic rings.